The average molecular weight is 352 g/mol. The predicted octanol–water partition coefficient (Wildman–Crippen LogP) is 6.00. The van der Waals surface area contributed by atoms with E-state index >= 15 is 0 Å². The van der Waals surface area contributed by atoms with Crippen LogP contribution in [0.1, 0.15) is 62.8 Å². The summed E-state index contributed by atoms with van der Waals surface area (Å²) in [4.78, 5) is 4.52. The Balaban J connectivity index is 1.59. The Hall–Kier alpha value is -1.06. The van der Waals surface area contributed by atoms with Gasteiger partial charge < -0.3 is 4.84 Å². The van der Waals surface area contributed by atoms with Gasteiger partial charge in [-0.05, 0) is 86.7 Å². The molecule has 0 amide bonds. The number of allylic oxidation sites excluding steroid dienone is 1. The van der Waals surface area contributed by atoms with Gasteiger partial charge in [-0.2, -0.15) is 5.90 Å². The third kappa shape index (κ3) is 3.62. The summed E-state index contributed by atoms with van der Waals surface area (Å²) in [6, 6.07) is 3.45. The first-order chi connectivity index (χ1) is 11.6. The average Bonchev–Trinajstić information content (AvgIpc) is 2.64. The third-order valence-corrected chi connectivity index (χ3v) is 6.62. The first-order valence-electron chi connectivity index (χ1n) is 9.11. The van der Waals surface area contributed by atoms with E-state index in [1.54, 1.807) is 6.07 Å². The fourth-order valence-corrected chi connectivity index (χ4v) is 5.02. The molecule has 0 spiro atoms. The lowest BCUT2D eigenvalue weighted by Gasteiger charge is -2.37. The van der Waals surface area contributed by atoms with Crippen molar-refractivity contribution in [2.75, 3.05) is 0 Å². The van der Waals surface area contributed by atoms with E-state index in [9.17, 15) is 4.39 Å². The van der Waals surface area contributed by atoms with Crippen LogP contribution >= 0.6 is 11.6 Å². The minimum absolute atomic E-state index is 0.0106. The fourth-order valence-electron chi connectivity index (χ4n) is 4.71. The highest BCUT2D eigenvalue weighted by molar-refractivity contribution is 6.31. The van der Waals surface area contributed by atoms with Gasteiger partial charge in [-0.15, -0.1) is 6.58 Å². The molecule has 4 heteroatoms. The molecule has 2 fully saturated rings. The quantitative estimate of drug-likeness (QED) is 0.533. The topological polar surface area (TPSA) is 35.2 Å². The van der Waals surface area contributed by atoms with Crippen molar-refractivity contribution in [1.82, 2.24) is 0 Å². The van der Waals surface area contributed by atoms with Crippen LogP contribution in [0, 0.1) is 23.6 Å². The van der Waals surface area contributed by atoms with Gasteiger partial charge >= 0.3 is 0 Å². The van der Waals surface area contributed by atoms with Crippen LogP contribution < -0.4 is 10.7 Å². The Morgan fingerprint density at radius 1 is 1.04 bits per heavy atom. The minimum Gasteiger partial charge on any atom is -0.408 e. The zero-order valence-electron chi connectivity index (χ0n) is 14.1. The Labute approximate surface area is 149 Å². The maximum Gasteiger partial charge on any atom is 0.186 e. The molecule has 132 valence electrons. The Bertz CT molecular complexity index is 575. The molecule has 0 saturated heterocycles. The van der Waals surface area contributed by atoms with Crippen LogP contribution in [-0.2, 0) is 0 Å². The summed E-state index contributed by atoms with van der Waals surface area (Å²) >= 11 is 6.21. The molecule has 2 nitrogen and oxygen atoms in total. The Morgan fingerprint density at radius 3 is 2.17 bits per heavy atom. The molecule has 1 aromatic rings. The monoisotopic (exact) mass is 351 g/mol. The predicted molar refractivity (Wildman–Crippen MR) is 96.6 cm³/mol. The molecule has 0 atom stereocenters. The molecule has 2 saturated carbocycles. The van der Waals surface area contributed by atoms with Crippen LogP contribution in [0.5, 0.6) is 5.75 Å². The molecule has 2 aliphatic rings. The Morgan fingerprint density at radius 2 is 1.62 bits per heavy atom. The van der Waals surface area contributed by atoms with Gasteiger partial charge in [-0.3, -0.25) is 0 Å². The standard InChI is InChI=1S/C20H27ClFNO/c1-2-13-3-5-14(6-4-13)15-7-9-16(10-8-15)17-11-12-18(24-23)20(22)19(17)21/h2,11-16H,1,3-10,23H2. The first-order valence-corrected chi connectivity index (χ1v) is 9.49. The number of nitrogens with two attached hydrogens (primary N) is 1. The molecular weight excluding hydrogens is 325 g/mol. The van der Waals surface area contributed by atoms with E-state index in [1.807, 2.05) is 6.07 Å². The summed E-state index contributed by atoms with van der Waals surface area (Å²) < 4.78 is 14.1. The summed E-state index contributed by atoms with van der Waals surface area (Å²) in [6.45, 7) is 3.93. The van der Waals surface area contributed by atoms with Gasteiger partial charge in [0.2, 0.25) is 0 Å². The number of hydrogen-bond donors (Lipinski definition) is 1. The van der Waals surface area contributed by atoms with E-state index in [2.05, 4.69) is 17.5 Å². The number of rotatable bonds is 4. The van der Waals surface area contributed by atoms with Gasteiger partial charge in [0.25, 0.3) is 0 Å². The largest absolute Gasteiger partial charge is 0.408 e. The zero-order chi connectivity index (χ0) is 17.1. The second-order valence-electron chi connectivity index (χ2n) is 7.42. The highest BCUT2D eigenvalue weighted by atomic mass is 35.5. The van der Waals surface area contributed by atoms with E-state index in [0.717, 1.165) is 36.2 Å². The molecule has 0 unspecified atom stereocenters. The van der Waals surface area contributed by atoms with E-state index in [1.165, 1.54) is 38.5 Å². The van der Waals surface area contributed by atoms with Gasteiger partial charge in [0.1, 0.15) is 0 Å². The lowest BCUT2D eigenvalue weighted by Crippen LogP contribution is -2.25. The first kappa shape index (κ1) is 17.8. The lowest BCUT2D eigenvalue weighted by molar-refractivity contribution is 0.171. The van der Waals surface area contributed by atoms with Crippen LogP contribution in [0.2, 0.25) is 5.02 Å². The van der Waals surface area contributed by atoms with Gasteiger partial charge in [-0.1, -0.05) is 23.7 Å². The molecule has 0 aromatic heterocycles. The van der Waals surface area contributed by atoms with Crippen molar-refractivity contribution in [2.45, 2.75) is 57.3 Å². The highest BCUT2D eigenvalue weighted by Crippen LogP contribution is 2.45. The van der Waals surface area contributed by atoms with Crippen molar-refractivity contribution < 1.29 is 9.23 Å². The minimum atomic E-state index is -0.540. The maximum atomic E-state index is 14.1. The SMILES string of the molecule is C=CC1CCC(C2CCC(c3ccc(ON)c(F)c3Cl)CC2)CC1. The van der Waals surface area contributed by atoms with Crippen LogP contribution in [0.15, 0.2) is 24.8 Å². The summed E-state index contributed by atoms with van der Waals surface area (Å²) in [5, 5.41) is 0.174. The maximum absolute atomic E-state index is 14.1. The molecule has 0 radical (unpaired) electrons. The van der Waals surface area contributed by atoms with Gasteiger partial charge in [0.05, 0.1) is 5.02 Å². The highest BCUT2D eigenvalue weighted by Gasteiger charge is 2.31. The summed E-state index contributed by atoms with van der Waals surface area (Å²) in [6.07, 6.45) is 12.0. The van der Waals surface area contributed by atoms with Crippen molar-refractivity contribution in [1.29, 1.82) is 0 Å². The molecular formula is C20H27ClFNO. The van der Waals surface area contributed by atoms with E-state index in [4.69, 9.17) is 17.5 Å². The van der Waals surface area contributed by atoms with Crippen LogP contribution in [0.25, 0.3) is 0 Å². The Kier molecular flexibility index (Phi) is 5.83. The smallest absolute Gasteiger partial charge is 0.186 e. The molecule has 0 bridgehead atoms. The van der Waals surface area contributed by atoms with Crippen molar-refractivity contribution in [3.05, 3.63) is 41.2 Å². The number of hydrogen-bond acceptors (Lipinski definition) is 2. The summed E-state index contributed by atoms with van der Waals surface area (Å²) in [5.74, 6) is 7.29. The number of halogens is 2. The summed E-state index contributed by atoms with van der Waals surface area (Å²) in [7, 11) is 0. The van der Waals surface area contributed by atoms with Crippen molar-refractivity contribution in [3.8, 4) is 5.75 Å². The second-order valence-corrected chi connectivity index (χ2v) is 7.80. The third-order valence-electron chi connectivity index (χ3n) is 6.23. The van der Waals surface area contributed by atoms with Crippen molar-refractivity contribution in [3.63, 3.8) is 0 Å². The van der Waals surface area contributed by atoms with Crippen LogP contribution in [-0.4, -0.2) is 0 Å². The molecule has 2 aliphatic carbocycles. The van der Waals surface area contributed by atoms with E-state index in [-0.39, 0.29) is 10.8 Å². The molecule has 3 rings (SSSR count). The van der Waals surface area contributed by atoms with Crippen LogP contribution in [0.4, 0.5) is 4.39 Å². The molecule has 1 aromatic carbocycles. The van der Waals surface area contributed by atoms with Gasteiger partial charge in [-0.25, -0.2) is 4.39 Å². The normalized spacial score (nSPS) is 30.8. The van der Waals surface area contributed by atoms with Crippen LogP contribution in [0.3, 0.4) is 0 Å². The zero-order valence-corrected chi connectivity index (χ0v) is 14.9. The molecule has 0 heterocycles. The van der Waals surface area contributed by atoms with Gasteiger partial charge in [0, 0.05) is 0 Å². The van der Waals surface area contributed by atoms with E-state index in [0.29, 0.717) is 5.92 Å². The van der Waals surface area contributed by atoms with Crippen molar-refractivity contribution in [2.24, 2.45) is 23.7 Å². The fraction of sp³-hybridized carbons (Fsp3) is 0.600. The summed E-state index contributed by atoms with van der Waals surface area (Å²) in [5.41, 5.74) is 0.906. The second kappa shape index (κ2) is 7.88. The molecule has 24 heavy (non-hydrogen) atoms. The molecule has 2 N–H and O–H groups in total. The molecule has 0 aliphatic heterocycles. The lowest BCUT2D eigenvalue weighted by atomic mass is 9.68. The van der Waals surface area contributed by atoms with Crippen molar-refractivity contribution >= 4 is 11.6 Å². The van der Waals surface area contributed by atoms with E-state index < -0.39 is 5.82 Å². The number of benzene rings is 1. The van der Waals surface area contributed by atoms with Gasteiger partial charge in [0.15, 0.2) is 11.6 Å².